The molecule has 0 radical (unpaired) electrons. The average molecular weight is 204 g/mol. The minimum absolute atomic E-state index is 0.718. The Labute approximate surface area is 90.2 Å². The van der Waals surface area contributed by atoms with E-state index in [-0.39, 0.29) is 0 Å². The molecule has 0 unspecified atom stereocenters. The van der Waals surface area contributed by atoms with Crippen LogP contribution < -0.4 is 9.47 Å². The molecule has 2 aliphatic rings. The van der Waals surface area contributed by atoms with Gasteiger partial charge in [0.25, 0.3) is 0 Å². The van der Waals surface area contributed by atoms with Crippen molar-refractivity contribution in [3.8, 4) is 11.5 Å². The first-order chi connectivity index (χ1) is 7.35. The van der Waals surface area contributed by atoms with Crippen molar-refractivity contribution in [2.45, 2.75) is 31.1 Å². The van der Waals surface area contributed by atoms with Crippen LogP contribution in [0.5, 0.6) is 11.5 Å². The molecule has 3 rings (SSSR count). The van der Waals surface area contributed by atoms with Gasteiger partial charge >= 0.3 is 0 Å². The van der Waals surface area contributed by atoms with E-state index in [0.29, 0.717) is 0 Å². The molecule has 2 nitrogen and oxygen atoms in total. The molecule has 0 amide bonds. The third-order valence-electron chi connectivity index (χ3n) is 3.90. The summed E-state index contributed by atoms with van der Waals surface area (Å²) in [5.74, 6) is 3.54. The summed E-state index contributed by atoms with van der Waals surface area (Å²) in [6.45, 7) is 0. The van der Waals surface area contributed by atoms with Crippen molar-refractivity contribution in [2.75, 3.05) is 14.2 Å². The van der Waals surface area contributed by atoms with Crippen LogP contribution in [0.1, 0.15) is 42.2 Å². The molecule has 0 aliphatic heterocycles. The van der Waals surface area contributed by atoms with Crippen LogP contribution in [0, 0.1) is 0 Å². The Kier molecular flexibility index (Phi) is 1.91. The first kappa shape index (κ1) is 9.08. The maximum atomic E-state index is 5.45. The fourth-order valence-electron chi connectivity index (χ4n) is 3.30. The van der Waals surface area contributed by atoms with Crippen LogP contribution in [0.15, 0.2) is 12.1 Å². The molecule has 0 spiro atoms. The molecule has 2 bridgehead atoms. The zero-order valence-corrected chi connectivity index (χ0v) is 9.25. The quantitative estimate of drug-likeness (QED) is 0.737. The van der Waals surface area contributed by atoms with E-state index in [1.165, 1.54) is 30.4 Å². The molecule has 0 N–H and O–H groups in total. The van der Waals surface area contributed by atoms with E-state index in [0.717, 1.165) is 23.3 Å². The molecule has 1 aromatic rings. The molecule has 1 saturated carbocycles. The van der Waals surface area contributed by atoms with Crippen LogP contribution in [0.25, 0.3) is 0 Å². The standard InChI is InChI=1S/C13H16O2/c1-14-10-5-6-11(15-2)13-9-4-3-8(7-9)12(10)13/h5-6,8-9H,3-4,7H2,1-2H3/t8-,9-/m0/s1. The molecule has 0 aromatic heterocycles. The Morgan fingerprint density at radius 3 is 1.80 bits per heavy atom. The van der Waals surface area contributed by atoms with Crippen molar-refractivity contribution >= 4 is 0 Å². The Morgan fingerprint density at radius 1 is 0.933 bits per heavy atom. The second-order valence-corrected chi connectivity index (χ2v) is 4.50. The average Bonchev–Trinajstić information content (AvgIpc) is 2.88. The summed E-state index contributed by atoms with van der Waals surface area (Å²) in [4.78, 5) is 0. The minimum Gasteiger partial charge on any atom is -0.496 e. The van der Waals surface area contributed by atoms with E-state index in [4.69, 9.17) is 9.47 Å². The van der Waals surface area contributed by atoms with Gasteiger partial charge in [0, 0.05) is 11.1 Å². The van der Waals surface area contributed by atoms with Gasteiger partial charge in [0.2, 0.25) is 0 Å². The fraction of sp³-hybridized carbons (Fsp3) is 0.538. The summed E-state index contributed by atoms with van der Waals surface area (Å²) < 4.78 is 10.9. The Morgan fingerprint density at radius 2 is 1.40 bits per heavy atom. The number of methoxy groups -OCH3 is 2. The minimum atomic E-state index is 0.718. The van der Waals surface area contributed by atoms with Crippen molar-refractivity contribution in [1.29, 1.82) is 0 Å². The molecule has 2 heteroatoms. The fourth-order valence-corrected chi connectivity index (χ4v) is 3.30. The maximum absolute atomic E-state index is 5.45. The largest absolute Gasteiger partial charge is 0.496 e. The predicted molar refractivity (Wildman–Crippen MR) is 58.9 cm³/mol. The van der Waals surface area contributed by atoms with Gasteiger partial charge in [-0.05, 0) is 43.2 Å². The number of benzene rings is 1. The van der Waals surface area contributed by atoms with Crippen molar-refractivity contribution in [2.24, 2.45) is 0 Å². The van der Waals surface area contributed by atoms with Gasteiger partial charge in [-0.25, -0.2) is 0 Å². The van der Waals surface area contributed by atoms with Gasteiger partial charge in [0.05, 0.1) is 14.2 Å². The van der Waals surface area contributed by atoms with Gasteiger partial charge in [0.15, 0.2) is 0 Å². The lowest BCUT2D eigenvalue weighted by Gasteiger charge is -2.20. The molecule has 2 atom stereocenters. The first-order valence-corrected chi connectivity index (χ1v) is 5.60. The van der Waals surface area contributed by atoms with E-state index >= 15 is 0 Å². The summed E-state index contributed by atoms with van der Waals surface area (Å²) in [5.41, 5.74) is 2.85. The lowest BCUT2D eigenvalue weighted by atomic mass is 9.90. The van der Waals surface area contributed by atoms with Crippen LogP contribution in [-0.2, 0) is 0 Å². The third kappa shape index (κ3) is 1.11. The molecule has 15 heavy (non-hydrogen) atoms. The highest BCUT2D eigenvalue weighted by atomic mass is 16.5. The van der Waals surface area contributed by atoms with Gasteiger partial charge in [-0.2, -0.15) is 0 Å². The highest BCUT2D eigenvalue weighted by Crippen LogP contribution is 2.58. The van der Waals surface area contributed by atoms with E-state index in [9.17, 15) is 0 Å². The number of hydrogen-bond donors (Lipinski definition) is 0. The topological polar surface area (TPSA) is 18.5 Å². The van der Waals surface area contributed by atoms with E-state index in [1.807, 2.05) is 12.1 Å². The van der Waals surface area contributed by atoms with Gasteiger partial charge in [0.1, 0.15) is 11.5 Å². The van der Waals surface area contributed by atoms with E-state index in [2.05, 4.69) is 0 Å². The predicted octanol–water partition coefficient (Wildman–Crippen LogP) is 3.07. The summed E-state index contributed by atoms with van der Waals surface area (Å²) >= 11 is 0. The van der Waals surface area contributed by atoms with Crippen LogP contribution in [0.2, 0.25) is 0 Å². The molecular formula is C13H16O2. The summed E-state index contributed by atoms with van der Waals surface area (Å²) in [7, 11) is 3.52. The van der Waals surface area contributed by atoms with Crippen molar-refractivity contribution < 1.29 is 9.47 Å². The second kappa shape index (κ2) is 3.16. The summed E-state index contributed by atoms with van der Waals surface area (Å²) in [6, 6.07) is 4.08. The monoisotopic (exact) mass is 204 g/mol. The van der Waals surface area contributed by atoms with Gasteiger partial charge < -0.3 is 9.47 Å². The first-order valence-electron chi connectivity index (χ1n) is 5.60. The zero-order valence-electron chi connectivity index (χ0n) is 9.25. The lowest BCUT2D eigenvalue weighted by molar-refractivity contribution is 0.391. The smallest absolute Gasteiger partial charge is 0.122 e. The van der Waals surface area contributed by atoms with Crippen molar-refractivity contribution in [3.63, 3.8) is 0 Å². The summed E-state index contributed by atoms with van der Waals surface area (Å²) in [5, 5.41) is 0. The van der Waals surface area contributed by atoms with Crippen LogP contribution >= 0.6 is 0 Å². The van der Waals surface area contributed by atoms with Crippen LogP contribution in [-0.4, -0.2) is 14.2 Å². The number of fused-ring (bicyclic) bond motifs is 5. The van der Waals surface area contributed by atoms with Crippen molar-refractivity contribution in [1.82, 2.24) is 0 Å². The molecule has 0 heterocycles. The third-order valence-corrected chi connectivity index (χ3v) is 3.90. The van der Waals surface area contributed by atoms with E-state index in [1.54, 1.807) is 14.2 Å². The SMILES string of the molecule is COc1ccc(OC)c2c1[C@H]1CC[C@H]2C1. The Balaban J connectivity index is 2.21. The van der Waals surface area contributed by atoms with Crippen LogP contribution in [0.3, 0.4) is 0 Å². The highest BCUT2D eigenvalue weighted by molar-refractivity contribution is 5.56. The van der Waals surface area contributed by atoms with Crippen molar-refractivity contribution in [3.05, 3.63) is 23.3 Å². The highest BCUT2D eigenvalue weighted by Gasteiger charge is 2.40. The molecule has 80 valence electrons. The lowest BCUT2D eigenvalue weighted by Crippen LogP contribution is -2.03. The Hall–Kier alpha value is -1.18. The number of rotatable bonds is 2. The molecule has 2 aliphatic carbocycles. The molecular weight excluding hydrogens is 188 g/mol. The number of hydrogen-bond acceptors (Lipinski definition) is 2. The zero-order chi connectivity index (χ0) is 10.4. The summed E-state index contributed by atoms with van der Waals surface area (Å²) in [6.07, 6.45) is 3.94. The second-order valence-electron chi connectivity index (χ2n) is 4.50. The molecule has 0 saturated heterocycles. The van der Waals surface area contributed by atoms with Gasteiger partial charge in [-0.15, -0.1) is 0 Å². The molecule has 1 fully saturated rings. The van der Waals surface area contributed by atoms with Gasteiger partial charge in [-0.3, -0.25) is 0 Å². The normalized spacial score (nSPS) is 26.5. The number of ether oxygens (including phenoxy) is 2. The Bertz CT molecular complexity index is 361. The maximum Gasteiger partial charge on any atom is 0.122 e. The van der Waals surface area contributed by atoms with Gasteiger partial charge in [-0.1, -0.05) is 0 Å². The molecule has 1 aromatic carbocycles. The van der Waals surface area contributed by atoms with E-state index < -0.39 is 0 Å². The van der Waals surface area contributed by atoms with Crippen LogP contribution in [0.4, 0.5) is 0 Å².